The van der Waals surface area contributed by atoms with Gasteiger partial charge in [0.2, 0.25) is 5.91 Å². The highest BCUT2D eigenvalue weighted by atomic mass is 32.2. The number of carbonyl (C=O) groups is 2. The molecule has 5 heteroatoms. The van der Waals surface area contributed by atoms with E-state index in [9.17, 15) is 9.59 Å². The van der Waals surface area contributed by atoms with Crippen LogP contribution in [0.3, 0.4) is 0 Å². The lowest BCUT2D eigenvalue weighted by Gasteiger charge is -2.32. The third kappa shape index (κ3) is 2.10. The van der Waals surface area contributed by atoms with Gasteiger partial charge in [0.05, 0.1) is 16.5 Å². The zero-order valence-corrected chi connectivity index (χ0v) is 11.3. The summed E-state index contributed by atoms with van der Waals surface area (Å²) in [6.07, 6.45) is 0. The van der Waals surface area contributed by atoms with Crippen LogP contribution in [0.1, 0.15) is 24.2 Å². The molecule has 1 unspecified atom stereocenters. The van der Waals surface area contributed by atoms with Gasteiger partial charge in [-0.25, -0.2) is 4.79 Å². The molecule has 4 nitrogen and oxygen atoms in total. The number of carboxylic acids is 1. The molecule has 0 aliphatic carbocycles. The highest BCUT2D eigenvalue weighted by molar-refractivity contribution is 8.01. The first-order valence-electron chi connectivity index (χ1n) is 5.73. The van der Waals surface area contributed by atoms with Gasteiger partial charge >= 0.3 is 5.97 Å². The second kappa shape index (κ2) is 4.65. The fourth-order valence-corrected chi connectivity index (χ4v) is 3.26. The molecule has 1 aliphatic rings. The van der Waals surface area contributed by atoms with Crippen molar-refractivity contribution < 1.29 is 14.7 Å². The van der Waals surface area contributed by atoms with Crippen LogP contribution in [0.15, 0.2) is 23.1 Å². The normalized spacial score (nSPS) is 19.0. The first-order valence-corrected chi connectivity index (χ1v) is 6.61. The Balaban J connectivity index is 2.46. The highest BCUT2D eigenvalue weighted by Crippen LogP contribution is 2.41. The fraction of sp³-hybridized carbons (Fsp3) is 0.385. The predicted molar refractivity (Wildman–Crippen MR) is 71.3 cm³/mol. The summed E-state index contributed by atoms with van der Waals surface area (Å²) in [6.45, 7) is 3.99. The molecule has 0 aromatic heterocycles. The molecule has 1 N–H and O–H groups in total. The third-order valence-corrected chi connectivity index (χ3v) is 4.58. The number of benzene rings is 1. The van der Waals surface area contributed by atoms with Gasteiger partial charge in [-0.2, -0.15) is 0 Å². The van der Waals surface area contributed by atoms with E-state index >= 15 is 0 Å². The lowest BCUT2D eigenvalue weighted by Crippen LogP contribution is -2.40. The molecule has 18 heavy (non-hydrogen) atoms. The molecule has 1 amide bonds. The van der Waals surface area contributed by atoms with Crippen LogP contribution in [0, 0.1) is 5.92 Å². The van der Waals surface area contributed by atoms with Crippen molar-refractivity contribution in [3.63, 3.8) is 0 Å². The quantitative estimate of drug-likeness (QED) is 0.892. The summed E-state index contributed by atoms with van der Waals surface area (Å²) in [5, 5.41) is 8.84. The summed E-state index contributed by atoms with van der Waals surface area (Å²) in [4.78, 5) is 25.6. The van der Waals surface area contributed by atoms with Gasteiger partial charge < -0.3 is 10.0 Å². The van der Waals surface area contributed by atoms with E-state index in [1.54, 1.807) is 24.1 Å². The molecule has 1 aromatic carbocycles. The van der Waals surface area contributed by atoms with Crippen LogP contribution in [-0.4, -0.2) is 29.3 Å². The average Bonchev–Trinajstić information content (AvgIpc) is 2.32. The van der Waals surface area contributed by atoms with Crippen molar-refractivity contribution in [3.05, 3.63) is 23.8 Å². The average molecular weight is 265 g/mol. The number of anilines is 1. The first-order chi connectivity index (χ1) is 8.41. The van der Waals surface area contributed by atoms with Crippen LogP contribution in [-0.2, 0) is 4.79 Å². The monoisotopic (exact) mass is 265 g/mol. The summed E-state index contributed by atoms with van der Waals surface area (Å²) in [5.41, 5.74) is 1.04. The van der Waals surface area contributed by atoms with Crippen molar-refractivity contribution >= 4 is 29.3 Å². The van der Waals surface area contributed by atoms with Gasteiger partial charge in [-0.15, -0.1) is 11.8 Å². The maximum Gasteiger partial charge on any atom is 0.335 e. The van der Waals surface area contributed by atoms with Crippen molar-refractivity contribution in [2.75, 3.05) is 11.9 Å². The Labute approximate surface area is 110 Å². The predicted octanol–water partition coefficient (Wildman–Crippen LogP) is 2.48. The number of fused-ring (bicyclic) bond motifs is 1. The Morgan fingerprint density at radius 1 is 1.44 bits per heavy atom. The molecule has 0 bridgehead atoms. The summed E-state index contributed by atoms with van der Waals surface area (Å²) in [7, 11) is 1.73. The van der Waals surface area contributed by atoms with Gasteiger partial charge in [-0.05, 0) is 24.1 Å². The molecule has 0 fully saturated rings. The fourth-order valence-electron chi connectivity index (χ4n) is 1.94. The number of rotatable bonds is 2. The smallest absolute Gasteiger partial charge is 0.335 e. The maximum absolute atomic E-state index is 12.1. The molecule has 1 aromatic rings. The largest absolute Gasteiger partial charge is 0.478 e. The SMILES string of the molecule is CC(C)C1Sc2cc(C(=O)O)ccc2N(C)C1=O. The number of aromatic carboxylic acids is 1. The molecular formula is C13H15NO3S. The van der Waals surface area contributed by atoms with Crippen LogP contribution >= 0.6 is 11.8 Å². The van der Waals surface area contributed by atoms with Gasteiger partial charge in [0.15, 0.2) is 0 Å². The van der Waals surface area contributed by atoms with Gasteiger partial charge in [-0.3, -0.25) is 4.79 Å². The van der Waals surface area contributed by atoms with Crippen molar-refractivity contribution in [2.24, 2.45) is 5.92 Å². The minimum atomic E-state index is -0.945. The van der Waals surface area contributed by atoms with E-state index in [1.807, 2.05) is 13.8 Å². The van der Waals surface area contributed by atoms with Crippen LogP contribution in [0.2, 0.25) is 0 Å². The number of thioether (sulfide) groups is 1. The Bertz CT molecular complexity index is 513. The molecule has 1 atom stereocenters. The molecule has 0 radical (unpaired) electrons. The number of carboxylic acid groups (broad SMARTS) is 1. The van der Waals surface area contributed by atoms with Gasteiger partial charge in [-0.1, -0.05) is 13.8 Å². The van der Waals surface area contributed by atoms with E-state index < -0.39 is 5.97 Å². The Kier molecular flexibility index (Phi) is 3.34. The summed E-state index contributed by atoms with van der Waals surface area (Å²) < 4.78 is 0. The second-order valence-electron chi connectivity index (χ2n) is 4.67. The highest BCUT2D eigenvalue weighted by Gasteiger charge is 2.33. The van der Waals surface area contributed by atoms with Crippen LogP contribution < -0.4 is 4.90 Å². The summed E-state index contributed by atoms with van der Waals surface area (Å²) >= 11 is 1.45. The maximum atomic E-state index is 12.1. The number of hydrogen-bond donors (Lipinski definition) is 1. The summed E-state index contributed by atoms with van der Waals surface area (Å²) in [6, 6.07) is 4.86. The zero-order valence-electron chi connectivity index (χ0n) is 10.5. The van der Waals surface area contributed by atoms with E-state index in [4.69, 9.17) is 5.11 Å². The van der Waals surface area contributed by atoms with Gasteiger partial charge in [0.1, 0.15) is 0 Å². The first kappa shape index (κ1) is 13.0. The van der Waals surface area contributed by atoms with E-state index in [0.29, 0.717) is 0 Å². The molecule has 1 aliphatic heterocycles. The molecule has 2 rings (SSSR count). The third-order valence-electron chi connectivity index (χ3n) is 3.00. The second-order valence-corrected chi connectivity index (χ2v) is 5.85. The Morgan fingerprint density at radius 2 is 2.11 bits per heavy atom. The summed E-state index contributed by atoms with van der Waals surface area (Å²) in [5.74, 6) is -0.656. The van der Waals surface area contributed by atoms with Gasteiger partial charge in [0.25, 0.3) is 0 Å². The number of carbonyl (C=O) groups excluding carboxylic acids is 1. The van der Waals surface area contributed by atoms with Crippen molar-refractivity contribution in [3.8, 4) is 0 Å². The molecule has 1 heterocycles. The topological polar surface area (TPSA) is 57.6 Å². The van der Waals surface area contributed by atoms with Crippen molar-refractivity contribution in [2.45, 2.75) is 24.0 Å². The molecule has 0 saturated heterocycles. The number of amides is 1. The lowest BCUT2D eigenvalue weighted by molar-refractivity contribution is -0.118. The van der Waals surface area contributed by atoms with E-state index in [-0.39, 0.29) is 22.6 Å². The van der Waals surface area contributed by atoms with Crippen molar-refractivity contribution in [1.29, 1.82) is 0 Å². The van der Waals surface area contributed by atoms with E-state index in [0.717, 1.165) is 10.6 Å². The minimum Gasteiger partial charge on any atom is -0.478 e. The number of nitrogens with zero attached hydrogens (tertiary/aromatic N) is 1. The Morgan fingerprint density at radius 3 is 2.67 bits per heavy atom. The molecule has 0 saturated carbocycles. The van der Waals surface area contributed by atoms with Crippen molar-refractivity contribution in [1.82, 2.24) is 0 Å². The Hall–Kier alpha value is -1.49. The lowest BCUT2D eigenvalue weighted by atomic mass is 10.1. The molecule has 96 valence electrons. The number of hydrogen-bond acceptors (Lipinski definition) is 3. The van der Waals surface area contributed by atoms with Crippen LogP contribution in [0.4, 0.5) is 5.69 Å². The molecular weight excluding hydrogens is 250 g/mol. The molecule has 0 spiro atoms. The van der Waals surface area contributed by atoms with E-state index in [2.05, 4.69) is 0 Å². The van der Waals surface area contributed by atoms with Crippen LogP contribution in [0.5, 0.6) is 0 Å². The van der Waals surface area contributed by atoms with Gasteiger partial charge in [0, 0.05) is 11.9 Å². The van der Waals surface area contributed by atoms with E-state index in [1.165, 1.54) is 17.8 Å². The minimum absolute atomic E-state index is 0.0746. The zero-order chi connectivity index (χ0) is 13.4. The van der Waals surface area contributed by atoms with Crippen LogP contribution in [0.25, 0.3) is 0 Å². The standard InChI is InChI=1S/C13H15NO3S/c1-7(2)11-12(15)14(3)9-5-4-8(13(16)17)6-10(9)18-11/h4-7,11H,1-3H3,(H,16,17).